The van der Waals surface area contributed by atoms with Gasteiger partial charge in [-0.25, -0.2) is 0 Å². The summed E-state index contributed by atoms with van der Waals surface area (Å²) in [5.41, 5.74) is 4.76. The molecule has 1 aliphatic carbocycles. The van der Waals surface area contributed by atoms with E-state index >= 15 is 0 Å². The van der Waals surface area contributed by atoms with Crippen LogP contribution in [-0.2, 0) is 6.54 Å². The van der Waals surface area contributed by atoms with Crippen LogP contribution in [0.4, 0.5) is 11.4 Å². The molecular weight excluding hydrogens is 386 g/mol. The van der Waals surface area contributed by atoms with Crippen molar-refractivity contribution >= 4 is 28.2 Å². The Labute approximate surface area is 183 Å². The van der Waals surface area contributed by atoms with E-state index in [4.69, 9.17) is 0 Å². The van der Waals surface area contributed by atoms with Crippen molar-refractivity contribution < 1.29 is 4.79 Å². The van der Waals surface area contributed by atoms with E-state index in [2.05, 4.69) is 24.8 Å². The summed E-state index contributed by atoms with van der Waals surface area (Å²) < 4.78 is 1.80. The number of fused-ring (bicyclic) bond motifs is 1. The fourth-order valence-corrected chi connectivity index (χ4v) is 4.38. The summed E-state index contributed by atoms with van der Waals surface area (Å²) in [5.74, 6) is 0.424. The van der Waals surface area contributed by atoms with E-state index in [9.17, 15) is 9.59 Å². The van der Waals surface area contributed by atoms with Crippen molar-refractivity contribution in [3.63, 3.8) is 0 Å². The molecule has 0 spiro atoms. The molecule has 0 bridgehead atoms. The molecule has 1 saturated carbocycles. The van der Waals surface area contributed by atoms with E-state index in [1.54, 1.807) is 15.5 Å². The molecule has 1 fully saturated rings. The molecule has 31 heavy (non-hydrogen) atoms. The van der Waals surface area contributed by atoms with Gasteiger partial charge in [-0.2, -0.15) is 0 Å². The van der Waals surface area contributed by atoms with Crippen LogP contribution in [0.25, 0.3) is 10.9 Å². The molecule has 4 rings (SSSR count). The summed E-state index contributed by atoms with van der Waals surface area (Å²) in [6, 6.07) is 15.6. The molecule has 5 heteroatoms. The number of carbonyl (C=O) groups is 1. The van der Waals surface area contributed by atoms with Gasteiger partial charge in [0.15, 0.2) is 0 Å². The maximum Gasteiger partial charge on any atom is 0.258 e. The first-order valence-corrected chi connectivity index (χ1v) is 11.3. The first kappa shape index (κ1) is 21.2. The number of hydrogen-bond donors (Lipinski definition) is 0. The zero-order chi connectivity index (χ0) is 22.1. The molecule has 0 aliphatic heterocycles. The molecule has 0 radical (unpaired) electrons. The Balaban J connectivity index is 1.68. The second kappa shape index (κ2) is 8.58. The van der Waals surface area contributed by atoms with E-state index in [1.165, 1.54) is 0 Å². The van der Waals surface area contributed by atoms with Gasteiger partial charge in [-0.05, 0) is 87.6 Å². The number of rotatable bonds is 7. The summed E-state index contributed by atoms with van der Waals surface area (Å²) in [5, 5.41) is 1.08. The molecule has 2 aromatic carbocycles. The number of aryl methyl sites for hydroxylation is 1. The van der Waals surface area contributed by atoms with Crippen LogP contribution in [0.3, 0.4) is 0 Å². The zero-order valence-electron chi connectivity index (χ0n) is 18.9. The highest BCUT2D eigenvalue weighted by Crippen LogP contribution is 2.43. The minimum absolute atomic E-state index is 0.0396. The maximum absolute atomic E-state index is 13.2. The third kappa shape index (κ3) is 3.97. The van der Waals surface area contributed by atoms with Gasteiger partial charge < -0.3 is 14.4 Å². The lowest BCUT2D eigenvalue weighted by Gasteiger charge is -2.22. The third-order valence-electron chi connectivity index (χ3n) is 6.40. The molecule has 1 aromatic heterocycles. The van der Waals surface area contributed by atoms with Crippen molar-refractivity contribution in [2.75, 3.05) is 29.9 Å². The van der Waals surface area contributed by atoms with Crippen LogP contribution in [0.1, 0.15) is 55.5 Å². The SMILES string of the molecule is CCN(CC)c1ccc(C(=O)N(C)c2ccc3c(c2)c(C2CC2)cc(=O)n3CC)cc1. The maximum atomic E-state index is 13.2. The van der Waals surface area contributed by atoms with Crippen LogP contribution >= 0.6 is 0 Å². The minimum Gasteiger partial charge on any atom is -0.372 e. The lowest BCUT2D eigenvalue weighted by atomic mass is 10.0. The van der Waals surface area contributed by atoms with E-state index < -0.39 is 0 Å². The third-order valence-corrected chi connectivity index (χ3v) is 6.40. The highest BCUT2D eigenvalue weighted by Gasteiger charge is 2.27. The highest BCUT2D eigenvalue weighted by molar-refractivity contribution is 6.06. The number of nitrogens with zero attached hydrogens (tertiary/aromatic N) is 3. The molecule has 162 valence electrons. The van der Waals surface area contributed by atoms with E-state index in [1.807, 2.05) is 50.4 Å². The fraction of sp³-hybridized carbons (Fsp3) is 0.385. The number of aromatic nitrogens is 1. The average Bonchev–Trinajstić information content (AvgIpc) is 3.64. The Kier molecular flexibility index (Phi) is 5.86. The molecule has 0 atom stereocenters. The highest BCUT2D eigenvalue weighted by atomic mass is 16.2. The van der Waals surface area contributed by atoms with Crippen molar-refractivity contribution in [3.05, 3.63) is 70.0 Å². The second-order valence-corrected chi connectivity index (χ2v) is 8.24. The number of carbonyl (C=O) groups excluding carboxylic acids is 1. The molecular formula is C26H31N3O2. The standard InChI is InChI=1S/C26H31N3O2/c1-5-28(6-2)20-12-10-19(11-13-20)26(31)27(4)21-14-15-24-23(16-21)22(18-8-9-18)17-25(30)29(24)7-3/h10-18H,5-9H2,1-4H3. The van der Waals surface area contributed by atoms with E-state index in [0.29, 0.717) is 18.0 Å². The predicted octanol–water partition coefficient (Wildman–Crippen LogP) is 5.02. The number of anilines is 2. The van der Waals surface area contributed by atoms with Crippen LogP contribution in [0.15, 0.2) is 53.3 Å². The topological polar surface area (TPSA) is 45.6 Å². The predicted molar refractivity (Wildman–Crippen MR) is 129 cm³/mol. The van der Waals surface area contributed by atoms with Gasteiger partial charge in [-0.3, -0.25) is 9.59 Å². The van der Waals surface area contributed by atoms with E-state index in [-0.39, 0.29) is 11.5 Å². The van der Waals surface area contributed by atoms with Crippen molar-refractivity contribution in [1.29, 1.82) is 0 Å². The molecule has 0 saturated heterocycles. The fourth-order valence-electron chi connectivity index (χ4n) is 4.38. The quantitative estimate of drug-likeness (QED) is 0.542. The van der Waals surface area contributed by atoms with Crippen LogP contribution in [0, 0.1) is 0 Å². The molecule has 1 amide bonds. The van der Waals surface area contributed by atoms with Gasteiger partial charge in [-0.1, -0.05) is 0 Å². The van der Waals surface area contributed by atoms with Gasteiger partial charge >= 0.3 is 0 Å². The number of benzene rings is 2. The smallest absolute Gasteiger partial charge is 0.258 e. The van der Waals surface area contributed by atoms with Gasteiger partial charge in [0, 0.05) is 55.1 Å². The van der Waals surface area contributed by atoms with Crippen LogP contribution in [0.5, 0.6) is 0 Å². The second-order valence-electron chi connectivity index (χ2n) is 8.24. The Morgan fingerprint density at radius 2 is 1.61 bits per heavy atom. The van der Waals surface area contributed by atoms with Crippen LogP contribution in [-0.4, -0.2) is 30.6 Å². The van der Waals surface area contributed by atoms with E-state index in [0.717, 1.165) is 53.8 Å². The molecule has 0 N–H and O–H groups in total. The lowest BCUT2D eigenvalue weighted by Crippen LogP contribution is -2.27. The van der Waals surface area contributed by atoms with Gasteiger partial charge in [-0.15, -0.1) is 0 Å². The Bertz CT molecular complexity index is 1160. The van der Waals surface area contributed by atoms with Gasteiger partial charge in [0.25, 0.3) is 11.5 Å². The van der Waals surface area contributed by atoms with Gasteiger partial charge in [0.2, 0.25) is 0 Å². The Morgan fingerprint density at radius 1 is 0.968 bits per heavy atom. The monoisotopic (exact) mass is 417 g/mol. The van der Waals surface area contributed by atoms with Crippen molar-refractivity contribution in [1.82, 2.24) is 4.57 Å². The number of amides is 1. The zero-order valence-corrected chi connectivity index (χ0v) is 18.9. The molecule has 1 aliphatic rings. The summed E-state index contributed by atoms with van der Waals surface area (Å²) in [6.45, 7) is 8.75. The Hall–Kier alpha value is -3.08. The van der Waals surface area contributed by atoms with Crippen molar-refractivity contribution in [2.24, 2.45) is 0 Å². The average molecular weight is 418 g/mol. The summed E-state index contributed by atoms with van der Waals surface area (Å²) in [6.07, 6.45) is 2.26. The largest absolute Gasteiger partial charge is 0.372 e. The number of pyridine rings is 1. The Morgan fingerprint density at radius 3 is 2.19 bits per heavy atom. The normalized spacial score (nSPS) is 13.4. The molecule has 1 heterocycles. The molecule has 0 unspecified atom stereocenters. The minimum atomic E-state index is -0.0396. The van der Waals surface area contributed by atoms with Gasteiger partial charge in [0.05, 0.1) is 5.52 Å². The van der Waals surface area contributed by atoms with Crippen LogP contribution < -0.4 is 15.4 Å². The summed E-state index contributed by atoms with van der Waals surface area (Å²) in [4.78, 5) is 29.7. The first-order valence-electron chi connectivity index (χ1n) is 11.3. The first-order chi connectivity index (χ1) is 15.0. The van der Waals surface area contributed by atoms with Crippen molar-refractivity contribution in [3.8, 4) is 0 Å². The summed E-state index contributed by atoms with van der Waals surface area (Å²) in [7, 11) is 1.81. The van der Waals surface area contributed by atoms with Crippen molar-refractivity contribution in [2.45, 2.75) is 46.1 Å². The number of hydrogen-bond acceptors (Lipinski definition) is 3. The molecule has 3 aromatic rings. The summed E-state index contributed by atoms with van der Waals surface area (Å²) >= 11 is 0. The van der Waals surface area contributed by atoms with Gasteiger partial charge in [0.1, 0.15) is 0 Å². The molecule has 5 nitrogen and oxygen atoms in total. The lowest BCUT2D eigenvalue weighted by molar-refractivity contribution is 0.0993. The van der Waals surface area contributed by atoms with Crippen LogP contribution in [0.2, 0.25) is 0 Å².